The van der Waals surface area contributed by atoms with Crippen molar-refractivity contribution in [3.8, 4) is 11.5 Å². The largest absolute Gasteiger partial charge is 0.308 e. The predicted molar refractivity (Wildman–Crippen MR) is 74.9 cm³/mol. The van der Waals surface area contributed by atoms with Crippen molar-refractivity contribution in [1.29, 1.82) is 0 Å². The molecule has 18 heavy (non-hydrogen) atoms. The van der Waals surface area contributed by atoms with E-state index in [2.05, 4.69) is 43.2 Å². The Balaban J connectivity index is 2.54. The molecule has 2 rings (SSSR count). The fourth-order valence-electron chi connectivity index (χ4n) is 1.67. The molecule has 0 atom stereocenters. The highest BCUT2D eigenvalue weighted by Crippen LogP contribution is 2.21. The van der Waals surface area contributed by atoms with Gasteiger partial charge in [0.2, 0.25) is 0 Å². The summed E-state index contributed by atoms with van der Waals surface area (Å²) in [7, 11) is 0. The van der Waals surface area contributed by atoms with E-state index in [4.69, 9.17) is 5.84 Å². The second kappa shape index (κ2) is 5.41. The van der Waals surface area contributed by atoms with Gasteiger partial charge in [-0.2, -0.15) is 0 Å². The molecule has 2 aromatic rings. The van der Waals surface area contributed by atoms with Gasteiger partial charge in [-0.3, -0.25) is 4.98 Å². The number of nitrogens with two attached hydrogens (primary N) is 1. The van der Waals surface area contributed by atoms with Gasteiger partial charge in [-0.05, 0) is 41.4 Å². The Hall–Kier alpha value is -1.53. The molecule has 0 aromatic carbocycles. The van der Waals surface area contributed by atoms with Gasteiger partial charge in [-0.25, -0.2) is 15.8 Å². The van der Waals surface area contributed by atoms with E-state index in [1.807, 2.05) is 19.1 Å². The van der Waals surface area contributed by atoms with Gasteiger partial charge in [0.1, 0.15) is 11.5 Å². The van der Waals surface area contributed by atoms with Crippen LogP contribution in [0.15, 0.2) is 22.8 Å². The molecule has 0 bridgehead atoms. The van der Waals surface area contributed by atoms with Crippen molar-refractivity contribution < 1.29 is 0 Å². The molecular formula is C12H14BrN5. The number of hydrazine groups is 1. The average Bonchev–Trinajstić information content (AvgIpc) is 2.40. The second-order valence-corrected chi connectivity index (χ2v) is 4.74. The van der Waals surface area contributed by atoms with E-state index in [9.17, 15) is 0 Å². The van der Waals surface area contributed by atoms with Crippen LogP contribution < -0.4 is 11.3 Å². The third kappa shape index (κ3) is 2.49. The summed E-state index contributed by atoms with van der Waals surface area (Å²) in [5, 5.41) is 0. The highest BCUT2D eigenvalue weighted by molar-refractivity contribution is 9.10. The standard InChI is InChI=1S/C12H14BrN5/c1-3-9-7(2)11(18-14)17-12(16-9)10-5-4-8(13)6-15-10/h4-6H,3,14H2,1-2H3,(H,16,17,18). The lowest BCUT2D eigenvalue weighted by molar-refractivity contribution is 0.967. The van der Waals surface area contributed by atoms with Crippen molar-refractivity contribution in [3.63, 3.8) is 0 Å². The number of aryl methyl sites for hydroxylation is 1. The maximum Gasteiger partial charge on any atom is 0.180 e. The Kier molecular flexibility index (Phi) is 3.88. The van der Waals surface area contributed by atoms with E-state index in [1.54, 1.807) is 6.20 Å². The molecule has 0 unspecified atom stereocenters. The maximum atomic E-state index is 5.48. The summed E-state index contributed by atoms with van der Waals surface area (Å²) in [6, 6.07) is 3.78. The normalized spacial score (nSPS) is 10.4. The molecule has 2 aromatic heterocycles. The van der Waals surface area contributed by atoms with Crippen LogP contribution in [0.3, 0.4) is 0 Å². The van der Waals surface area contributed by atoms with E-state index in [0.717, 1.165) is 27.8 Å². The number of pyridine rings is 1. The Morgan fingerprint density at radius 1 is 1.33 bits per heavy atom. The minimum Gasteiger partial charge on any atom is -0.308 e. The van der Waals surface area contributed by atoms with Crippen molar-refractivity contribution in [2.24, 2.45) is 5.84 Å². The first-order valence-corrected chi connectivity index (χ1v) is 6.41. The summed E-state index contributed by atoms with van der Waals surface area (Å²) >= 11 is 3.35. The second-order valence-electron chi connectivity index (χ2n) is 3.83. The minimum absolute atomic E-state index is 0.581. The van der Waals surface area contributed by atoms with Crippen LogP contribution in [0.4, 0.5) is 5.82 Å². The molecule has 0 amide bonds. The summed E-state index contributed by atoms with van der Waals surface area (Å²) in [5.41, 5.74) is 5.27. The third-order valence-electron chi connectivity index (χ3n) is 2.67. The van der Waals surface area contributed by atoms with E-state index in [-0.39, 0.29) is 0 Å². The van der Waals surface area contributed by atoms with Crippen molar-refractivity contribution in [1.82, 2.24) is 15.0 Å². The lowest BCUT2D eigenvalue weighted by Crippen LogP contribution is -2.13. The highest BCUT2D eigenvalue weighted by Gasteiger charge is 2.11. The Bertz CT molecular complexity index is 528. The Morgan fingerprint density at radius 2 is 2.11 bits per heavy atom. The van der Waals surface area contributed by atoms with Gasteiger partial charge in [-0.15, -0.1) is 0 Å². The average molecular weight is 308 g/mol. The Morgan fingerprint density at radius 3 is 2.67 bits per heavy atom. The number of hydrogen-bond acceptors (Lipinski definition) is 5. The number of rotatable bonds is 3. The predicted octanol–water partition coefficient (Wildman–Crippen LogP) is 2.46. The van der Waals surface area contributed by atoms with Crippen molar-refractivity contribution in [2.75, 3.05) is 5.43 Å². The molecule has 0 spiro atoms. The molecule has 0 aliphatic heterocycles. The fourth-order valence-corrected chi connectivity index (χ4v) is 1.91. The van der Waals surface area contributed by atoms with Crippen LogP contribution in [0.2, 0.25) is 0 Å². The highest BCUT2D eigenvalue weighted by atomic mass is 79.9. The topological polar surface area (TPSA) is 76.7 Å². The van der Waals surface area contributed by atoms with Gasteiger partial charge in [0, 0.05) is 21.9 Å². The number of halogens is 1. The summed E-state index contributed by atoms with van der Waals surface area (Å²) in [4.78, 5) is 13.2. The number of aromatic nitrogens is 3. The minimum atomic E-state index is 0.581. The molecular weight excluding hydrogens is 294 g/mol. The van der Waals surface area contributed by atoms with Gasteiger partial charge >= 0.3 is 0 Å². The zero-order valence-electron chi connectivity index (χ0n) is 10.2. The number of hydrogen-bond donors (Lipinski definition) is 2. The van der Waals surface area contributed by atoms with Crippen molar-refractivity contribution >= 4 is 21.7 Å². The molecule has 0 aliphatic carbocycles. The van der Waals surface area contributed by atoms with Crippen molar-refractivity contribution in [2.45, 2.75) is 20.3 Å². The zero-order chi connectivity index (χ0) is 13.1. The summed E-state index contributed by atoms with van der Waals surface area (Å²) in [5.74, 6) is 6.70. The number of nitrogen functional groups attached to an aromatic ring is 1. The quantitative estimate of drug-likeness (QED) is 0.673. The first kappa shape index (κ1) is 12.9. The number of anilines is 1. The SMILES string of the molecule is CCc1nc(-c2ccc(Br)cn2)nc(NN)c1C. The summed E-state index contributed by atoms with van der Waals surface area (Å²) in [6.45, 7) is 4.00. The molecule has 3 N–H and O–H groups in total. The molecule has 6 heteroatoms. The molecule has 0 fully saturated rings. The zero-order valence-corrected chi connectivity index (χ0v) is 11.8. The van der Waals surface area contributed by atoms with Crippen LogP contribution in [0.5, 0.6) is 0 Å². The monoisotopic (exact) mass is 307 g/mol. The maximum absolute atomic E-state index is 5.48. The lowest BCUT2D eigenvalue weighted by atomic mass is 10.2. The summed E-state index contributed by atoms with van der Waals surface area (Å²) in [6.07, 6.45) is 2.55. The van der Waals surface area contributed by atoms with Crippen LogP contribution in [-0.2, 0) is 6.42 Å². The molecule has 0 aliphatic rings. The van der Waals surface area contributed by atoms with Gasteiger partial charge < -0.3 is 5.43 Å². The number of nitrogens with one attached hydrogen (secondary N) is 1. The van der Waals surface area contributed by atoms with E-state index < -0.39 is 0 Å². The van der Waals surface area contributed by atoms with Crippen LogP contribution in [-0.4, -0.2) is 15.0 Å². The molecule has 0 radical (unpaired) electrons. The van der Waals surface area contributed by atoms with Crippen LogP contribution >= 0.6 is 15.9 Å². The summed E-state index contributed by atoms with van der Waals surface area (Å²) < 4.78 is 0.922. The van der Waals surface area contributed by atoms with Crippen LogP contribution in [0.1, 0.15) is 18.2 Å². The first-order chi connectivity index (χ1) is 8.65. The van der Waals surface area contributed by atoms with Crippen molar-refractivity contribution in [3.05, 3.63) is 34.1 Å². The van der Waals surface area contributed by atoms with E-state index >= 15 is 0 Å². The van der Waals surface area contributed by atoms with E-state index in [1.165, 1.54) is 0 Å². The molecule has 0 saturated heterocycles. The van der Waals surface area contributed by atoms with Gasteiger partial charge in [0.05, 0.1) is 0 Å². The van der Waals surface area contributed by atoms with Gasteiger partial charge in [0.15, 0.2) is 5.82 Å². The lowest BCUT2D eigenvalue weighted by Gasteiger charge is -2.10. The first-order valence-electron chi connectivity index (χ1n) is 5.61. The smallest absolute Gasteiger partial charge is 0.180 e. The van der Waals surface area contributed by atoms with E-state index in [0.29, 0.717) is 11.6 Å². The third-order valence-corrected chi connectivity index (χ3v) is 3.14. The molecule has 0 saturated carbocycles. The Labute approximate surface area is 114 Å². The molecule has 5 nitrogen and oxygen atoms in total. The van der Waals surface area contributed by atoms with Crippen LogP contribution in [0, 0.1) is 6.92 Å². The molecule has 94 valence electrons. The number of nitrogens with zero attached hydrogens (tertiary/aromatic N) is 3. The van der Waals surface area contributed by atoms with Gasteiger partial charge in [0.25, 0.3) is 0 Å². The van der Waals surface area contributed by atoms with Gasteiger partial charge in [-0.1, -0.05) is 6.92 Å². The molecule has 2 heterocycles. The fraction of sp³-hybridized carbons (Fsp3) is 0.250. The van der Waals surface area contributed by atoms with Crippen LogP contribution in [0.25, 0.3) is 11.5 Å².